The summed E-state index contributed by atoms with van der Waals surface area (Å²) in [4.78, 5) is 0. The molecule has 2 rings (SSSR count). The van der Waals surface area contributed by atoms with Crippen molar-refractivity contribution in [3.8, 4) is 0 Å². The Kier molecular flexibility index (Phi) is 5.18. The SMILES string of the molecule is Fc1cc(F)c(CNCCCc2ccccc2)cc1F. The van der Waals surface area contributed by atoms with Crippen LogP contribution < -0.4 is 5.32 Å². The highest BCUT2D eigenvalue weighted by Gasteiger charge is 2.08. The normalized spacial score (nSPS) is 10.8. The van der Waals surface area contributed by atoms with E-state index in [0.29, 0.717) is 12.6 Å². The van der Waals surface area contributed by atoms with Gasteiger partial charge in [0.1, 0.15) is 5.82 Å². The van der Waals surface area contributed by atoms with Gasteiger partial charge in [-0.3, -0.25) is 0 Å². The second kappa shape index (κ2) is 7.10. The molecule has 0 amide bonds. The van der Waals surface area contributed by atoms with Gasteiger partial charge in [0.2, 0.25) is 0 Å². The Labute approximate surface area is 116 Å². The molecule has 1 nitrogen and oxygen atoms in total. The van der Waals surface area contributed by atoms with Crippen molar-refractivity contribution in [3.05, 3.63) is 71.0 Å². The van der Waals surface area contributed by atoms with Crippen LogP contribution in [-0.4, -0.2) is 6.54 Å². The van der Waals surface area contributed by atoms with Gasteiger partial charge in [0.25, 0.3) is 0 Å². The van der Waals surface area contributed by atoms with Crippen LogP contribution >= 0.6 is 0 Å². The lowest BCUT2D eigenvalue weighted by Crippen LogP contribution is -2.16. The number of rotatable bonds is 6. The second-order valence-corrected chi connectivity index (χ2v) is 4.62. The molecule has 106 valence electrons. The third-order valence-electron chi connectivity index (χ3n) is 3.07. The van der Waals surface area contributed by atoms with Gasteiger partial charge in [0, 0.05) is 18.2 Å². The van der Waals surface area contributed by atoms with Crippen molar-refractivity contribution < 1.29 is 13.2 Å². The molecule has 0 aromatic heterocycles. The van der Waals surface area contributed by atoms with Gasteiger partial charge < -0.3 is 5.32 Å². The zero-order valence-electron chi connectivity index (χ0n) is 11.0. The summed E-state index contributed by atoms with van der Waals surface area (Å²) < 4.78 is 39.1. The average molecular weight is 279 g/mol. The predicted molar refractivity (Wildman–Crippen MR) is 72.8 cm³/mol. The maximum Gasteiger partial charge on any atom is 0.161 e. The van der Waals surface area contributed by atoms with E-state index >= 15 is 0 Å². The van der Waals surface area contributed by atoms with Crippen molar-refractivity contribution in [1.29, 1.82) is 0 Å². The molecule has 0 fully saturated rings. The van der Waals surface area contributed by atoms with Crippen molar-refractivity contribution in [3.63, 3.8) is 0 Å². The van der Waals surface area contributed by atoms with Crippen LogP contribution in [0.25, 0.3) is 0 Å². The van der Waals surface area contributed by atoms with E-state index in [1.54, 1.807) is 0 Å². The topological polar surface area (TPSA) is 12.0 Å². The third-order valence-corrected chi connectivity index (χ3v) is 3.07. The number of benzene rings is 2. The first-order valence-electron chi connectivity index (χ1n) is 6.55. The largest absolute Gasteiger partial charge is 0.313 e. The molecular weight excluding hydrogens is 263 g/mol. The monoisotopic (exact) mass is 279 g/mol. The highest BCUT2D eigenvalue weighted by atomic mass is 19.2. The predicted octanol–water partition coefficient (Wildman–Crippen LogP) is 3.83. The lowest BCUT2D eigenvalue weighted by molar-refractivity contribution is 0.486. The van der Waals surface area contributed by atoms with Crippen LogP contribution in [0.3, 0.4) is 0 Å². The molecule has 0 atom stereocenters. The van der Waals surface area contributed by atoms with E-state index in [1.165, 1.54) is 5.56 Å². The van der Waals surface area contributed by atoms with Crippen LogP contribution in [0.1, 0.15) is 17.5 Å². The zero-order valence-corrected chi connectivity index (χ0v) is 11.0. The lowest BCUT2D eigenvalue weighted by atomic mass is 10.1. The fraction of sp³-hybridized carbons (Fsp3) is 0.250. The van der Waals surface area contributed by atoms with Crippen LogP contribution in [0.2, 0.25) is 0 Å². The average Bonchev–Trinajstić information content (AvgIpc) is 2.45. The molecular formula is C16H16F3N. The van der Waals surface area contributed by atoms with Crippen molar-refractivity contribution in [2.24, 2.45) is 0 Å². The van der Waals surface area contributed by atoms with Gasteiger partial charge >= 0.3 is 0 Å². The summed E-state index contributed by atoms with van der Waals surface area (Å²) in [6.45, 7) is 0.880. The molecule has 0 spiro atoms. The van der Waals surface area contributed by atoms with E-state index < -0.39 is 17.5 Å². The third kappa shape index (κ3) is 4.10. The number of hydrogen-bond acceptors (Lipinski definition) is 1. The Morgan fingerprint density at radius 3 is 2.30 bits per heavy atom. The maximum absolute atomic E-state index is 13.4. The van der Waals surface area contributed by atoms with E-state index in [2.05, 4.69) is 17.4 Å². The van der Waals surface area contributed by atoms with Gasteiger partial charge in [0.05, 0.1) is 0 Å². The number of aryl methyl sites for hydroxylation is 1. The highest BCUT2D eigenvalue weighted by Crippen LogP contribution is 2.13. The molecule has 0 saturated carbocycles. The summed E-state index contributed by atoms with van der Waals surface area (Å²) >= 11 is 0. The smallest absolute Gasteiger partial charge is 0.161 e. The van der Waals surface area contributed by atoms with Gasteiger partial charge in [-0.05, 0) is 31.0 Å². The van der Waals surface area contributed by atoms with Crippen LogP contribution in [0.15, 0.2) is 42.5 Å². The number of halogens is 3. The molecule has 0 bridgehead atoms. The Hall–Kier alpha value is -1.81. The van der Waals surface area contributed by atoms with Crippen LogP contribution in [0.4, 0.5) is 13.2 Å². The quantitative estimate of drug-likeness (QED) is 0.626. The summed E-state index contributed by atoms with van der Waals surface area (Å²) in [6, 6.07) is 11.5. The van der Waals surface area contributed by atoms with E-state index in [1.807, 2.05) is 18.2 Å². The minimum Gasteiger partial charge on any atom is -0.313 e. The van der Waals surface area contributed by atoms with Gasteiger partial charge in [-0.2, -0.15) is 0 Å². The summed E-state index contributed by atoms with van der Waals surface area (Å²) in [5, 5.41) is 3.03. The molecule has 0 unspecified atom stereocenters. The summed E-state index contributed by atoms with van der Waals surface area (Å²) in [6.07, 6.45) is 1.82. The van der Waals surface area contributed by atoms with Gasteiger partial charge in [-0.1, -0.05) is 30.3 Å². The van der Waals surface area contributed by atoms with E-state index in [-0.39, 0.29) is 12.1 Å². The fourth-order valence-electron chi connectivity index (χ4n) is 1.98. The summed E-state index contributed by atoms with van der Waals surface area (Å²) in [5.41, 5.74) is 1.39. The van der Waals surface area contributed by atoms with Crippen molar-refractivity contribution in [1.82, 2.24) is 5.32 Å². The standard InChI is InChI=1S/C16H16F3N/c17-14-10-16(19)15(18)9-13(14)11-20-8-4-7-12-5-2-1-3-6-12/h1-3,5-6,9-10,20H,4,7-8,11H2. The van der Waals surface area contributed by atoms with Gasteiger partial charge in [-0.15, -0.1) is 0 Å². The van der Waals surface area contributed by atoms with Crippen LogP contribution in [0, 0.1) is 17.5 Å². The Morgan fingerprint density at radius 2 is 1.55 bits per heavy atom. The van der Waals surface area contributed by atoms with E-state index in [9.17, 15) is 13.2 Å². The van der Waals surface area contributed by atoms with Gasteiger partial charge in [0.15, 0.2) is 11.6 Å². The molecule has 0 heterocycles. The first-order chi connectivity index (χ1) is 9.66. The van der Waals surface area contributed by atoms with Crippen molar-refractivity contribution in [2.45, 2.75) is 19.4 Å². The molecule has 0 aliphatic heterocycles. The van der Waals surface area contributed by atoms with E-state index in [4.69, 9.17) is 0 Å². The highest BCUT2D eigenvalue weighted by molar-refractivity contribution is 5.20. The minimum atomic E-state index is -1.16. The number of hydrogen-bond donors (Lipinski definition) is 1. The first-order valence-corrected chi connectivity index (χ1v) is 6.55. The Morgan fingerprint density at radius 1 is 0.850 bits per heavy atom. The number of nitrogens with one attached hydrogen (secondary N) is 1. The molecule has 0 aliphatic carbocycles. The summed E-state index contributed by atoms with van der Waals surface area (Å²) in [5.74, 6) is -2.90. The first kappa shape index (κ1) is 14.6. The molecule has 0 saturated heterocycles. The molecule has 20 heavy (non-hydrogen) atoms. The van der Waals surface area contributed by atoms with Crippen LogP contribution in [0.5, 0.6) is 0 Å². The molecule has 0 aliphatic rings. The molecule has 1 N–H and O–H groups in total. The zero-order chi connectivity index (χ0) is 14.4. The Bertz CT molecular complexity index is 555. The maximum atomic E-state index is 13.4. The minimum absolute atomic E-state index is 0.142. The summed E-state index contributed by atoms with van der Waals surface area (Å²) in [7, 11) is 0. The lowest BCUT2D eigenvalue weighted by Gasteiger charge is -2.07. The van der Waals surface area contributed by atoms with Gasteiger partial charge in [-0.25, -0.2) is 13.2 Å². The Balaban J connectivity index is 1.75. The molecule has 2 aromatic carbocycles. The fourth-order valence-corrected chi connectivity index (χ4v) is 1.98. The molecule has 4 heteroatoms. The molecule has 0 radical (unpaired) electrons. The molecule has 2 aromatic rings. The van der Waals surface area contributed by atoms with Crippen molar-refractivity contribution in [2.75, 3.05) is 6.54 Å². The second-order valence-electron chi connectivity index (χ2n) is 4.62. The van der Waals surface area contributed by atoms with Crippen LogP contribution in [-0.2, 0) is 13.0 Å². The van der Waals surface area contributed by atoms with Crippen molar-refractivity contribution >= 4 is 0 Å². The van der Waals surface area contributed by atoms with E-state index in [0.717, 1.165) is 18.9 Å².